The molecular weight excluding hydrogens is 378 g/mol. The molecule has 7 heteroatoms. The SMILES string of the molecule is CC(=O)NC(CC(=O)NCCCOc1c(C)cccc1C)c1c(F)cccc1F. The fourth-order valence-electron chi connectivity index (χ4n) is 3.07. The van der Waals surface area contributed by atoms with Crippen LogP contribution in [0, 0.1) is 25.5 Å². The summed E-state index contributed by atoms with van der Waals surface area (Å²) in [6.07, 6.45) is 0.299. The summed E-state index contributed by atoms with van der Waals surface area (Å²) in [6.45, 7) is 5.93. The lowest BCUT2D eigenvalue weighted by molar-refractivity contribution is -0.122. The molecule has 0 aliphatic rings. The van der Waals surface area contributed by atoms with Crippen LogP contribution in [0.15, 0.2) is 36.4 Å². The van der Waals surface area contributed by atoms with E-state index in [0.29, 0.717) is 19.6 Å². The van der Waals surface area contributed by atoms with Gasteiger partial charge in [0.2, 0.25) is 11.8 Å². The molecule has 2 N–H and O–H groups in total. The molecule has 2 amide bonds. The summed E-state index contributed by atoms with van der Waals surface area (Å²) < 4.78 is 33.9. The monoisotopic (exact) mass is 404 g/mol. The molecule has 0 radical (unpaired) electrons. The number of carbonyl (C=O) groups excluding carboxylic acids is 2. The van der Waals surface area contributed by atoms with Gasteiger partial charge in [-0.05, 0) is 43.5 Å². The molecule has 0 aliphatic heterocycles. The molecule has 0 saturated heterocycles. The first-order valence-corrected chi connectivity index (χ1v) is 9.46. The Morgan fingerprint density at radius 1 is 1.03 bits per heavy atom. The Morgan fingerprint density at radius 3 is 2.21 bits per heavy atom. The molecule has 0 heterocycles. The lowest BCUT2D eigenvalue weighted by Gasteiger charge is -2.19. The molecule has 0 aromatic heterocycles. The van der Waals surface area contributed by atoms with Gasteiger partial charge in [-0.2, -0.15) is 0 Å². The van der Waals surface area contributed by atoms with Gasteiger partial charge in [0.25, 0.3) is 0 Å². The molecule has 2 aromatic rings. The second-order valence-electron chi connectivity index (χ2n) is 6.87. The summed E-state index contributed by atoms with van der Waals surface area (Å²) in [7, 11) is 0. The third-order valence-corrected chi connectivity index (χ3v) is 4.41. The van der Waals surface area contributed by atoms with Gasteiger partial charge < -0.3 is 15.4 Å². The Labute approximate surface area is 169 Å². The first kappa shape index (κ1) is 22.3. The molecule has 0 saturated carbocycles. The zero-order valence-corrected chi connectivity index (χ0v) is 16.9. The van der Waals surface area contributed by atoms with E-state index in [-0.39, 0.29) is 12.0 Å². The van der Waals surface area contributed by atoms with Crippen LogP contribution < -0.4 is 15.4 Å². The molecule has 5 nitrogen and oxygen atoms in total. The van der Waals surface area contributed by atoms with Crippen molar-refractivity contribution in [2.45, 2.75) is 39.7 Å². The summed E-state index contributed by atoms with van der Waals surface area (Å²) in [5.74, 6) is -1.68. The van der Waals surface area contributed by atoms with Gasteiger partial charge in [0.05, 0.1) is 19.1 Å². The van der Waals surface area contributed by atoms with Gasteiger partial charge in [0.1, 0.15) is 17.4 Å². The maximum absolute atomic E-state index is 14.0. The molecule has 1 unspecified atom stereocenters. The third kappa shape index (κ3) is 6.55. The van der Waals surface area contributed by atoms with E-state index in [9.17, 15) is 18.4 Å². The number of rotatable bonds is 9. The molecule has 0 fully saturated rings. The van der Waals surface area contributed by atoms with Crippen LogP contribution in [0.2, 0.25) is 0 Å². The summed E-state index contributed by atoms with van der Waals surface area (Å²) in [5, 5.41) is 5.14. The fraction of sp³-hybridized carbons (Fsp3) is 0.364. The Balaban J connectivity index is 1.86. The molecule has 2 aromatic carbocycles. The third-order valence-electron chi connectivity index (χ3n) is 4.41. The van der Waals surface area contributed by atoms with Crippen LogP contribution in [-0.4, -0.2) is 25.0 Å². The van der Waals surface area contributed by atoms with Crippen molar-refractivity contribution in [3.8, 4) is 5.75 Å². The van der Waals surface area contributed by atoms with Crippen LogP contribution in [0.25, 0.3) is 0 Å². The number of carbonyl (C=O) groups is 2. The number of para-hydroxylation sites is 1. The molecule has 2 rings (SSSR count). The maximum atomic E-state index is 14.0. The standard InChI is InChI=1S/C22H26F2N2O3/c1-14-7-4-8-15(2)22(14)29-12-6-11-25-20(28)13-19(26-16(3)27)21-17(23)9-5-10-18(21)24/h4-5,7-10,19H,6,11-13H2,1-3H3,(H,25,28)(H,26,27). The summed E-state index contributed by atoms with van der Waals surface area (Å²) >= 11 is 0. The number of aryl methyl sites for hydroxylation is 2. The van der Waals surface area contributed by atoms with Crippen molar-refractivity contribution in [3.05, 3.63) is 64.7 Å². The number of amides is 2. The molecule has 156 valence electrons. The first-order chi connectivity index (χ1) is 13.8. The number of hydrogen-bond acceptors (Lipinski definition) is 3. The number of hydrogen-bond donors (Lipinski definition) is 2. The molecule has 0 aliphatic carbocycles. The van der Waals surface area contributed by atoms with Gasteiger partial charge >= 0.3 is 0 Å². The van der Waals surface area contributed by atoms with Crippen molar-refractivity contribution >= 4 is 11.8 Å². The van der Waals surface area contributed by atoms with Gasteiger partial charge in [-0.25, -0.2) is 8.78 Å². The van der Waals surface area contributed by atoms with Crippen LogP contribution in [-0.2, 0) is 9.59 Å². The van der Waals surface area contributed by atoms with Crippen molar-refractivity contribution in [2.75, 3.05) is 13.2 Å². The normalized spacial score (nSPS) is 11.6. The average Bonchev–Trinajstić information content (AvgIpc) is 2.63. The Bertz CT molecular complexity index is 831. The Kier molecular flexibility index (Phi) is 8.12. The minimum Gasteiger partial charge on any atom is -0.493 e. The maximum Gasteiger partial charge on any atom is 0.222 e. The molecule has 1 atom stereocenters. The van der Waals surface area contributed by atoms with E-state index in [1.807, 2.05) is 32.0 Å². The second-order valence-corrected chi connectivity index (χ2v) is 6.87. The fourth-order valence-corrected chi connectivity index (χ4v) is 3.07. The van der Waals surface area contributed by atoms with Crippen LogP contribution >= 0.6 is 0 Å². The van der Waals surface area contributed by atoms with Crippen molar-refractivity contribution in [2.24, 2.45) is 0 Å². The Hall–Kier alpha value is -2.96. The number of benzene rings is 2. The van der Waals surface area contributed by atoms with E-state index in [2.05, 4.69) is 10.6 Å². The van der Waals surface area contributed by atoms with Gasteiger partial charge in [0.15, 0.2) is 0 Å². The van der Waals surface area contributed by atoms with E-state index in [0.717, 1.165) is 29.0 Å². The predicted octanol–water partition coefficient (Wildman–Crippen LogP) is 3.73. The number of halogens is 2. The van der Waals surface area contributed by atoms with E-state index in [1.165, 1.54) is 13.0 Å². The highest BCUT2D eigenvalue weighted by molar-refractivity contribution is 5.79. The van der Waals surface area contributed by atoms with Crippen molar-refractivity contribution in [1.82, 2.24) is 10.6 Å². The molecule has 29 heavy (non-hydrogen) atoms. The summed E-state index contributed by atoms with van der Waals surface area (Å²) in [4.78, 5) is 23.6. The zero-order valence-electron chi connectivity index (χ0n) is 16.9. The van der Waals surface area contributed by atoms with Gasteiger partial charge in [0, 0.05) is 19.0 Å². The van der Waals surface area contributed by atoms with E-state index >= 15 is 0 Å². The highest BCUT2D eigenvalue weighted by Crippen LogP contribution is 2.24. The van der Waals surface area contributed by atoms with Crippen LogP contribution in [0.5, 0.6) is 5.75 Å². The van der Waals surface area contributed by atoms with Gasteiger partial charge in [-0.15, -0.1) is 0 Å². The second kappa shape index (κ2) is 10.5. The predicted molar refractivity (Wildman–Crippen MR) is 107 cm³/mol. The highest BCUT2D eigenvalue weighted by Gasteiger charge is 2.23. The highest BCUT2D eigenvalue weighted by atomic mass is 19.1. The number of nitrogens with one attached hydrogen (secondary N) is 2. The summed E-state index contributed by atoms with van der Waals surface area (Å²) in [6, 6.07) is 8.23. The van der Waals surface area contributed by atoms with Crippen LogP contribution in [0.4, 0.5) is 8.78 Å². The molecule has 0 bridgehead atoms. The largest absolute Gasteiger partial charge is 0.493 e. The van der Waals surface area contributed by atoms with Crippen molar-refractivity contribution in [1.29, 1.82) is 0 Å². The Morgan fingerprint density at radius 2 is 1.62 bits per heavy atom. The molecule has 0 spiro atoms. The minimum atomic E-state index is -1.08. The lowest BCUT2D eigenvalue weighted by Crippen LogP contribution is -2.34. The minimum absolute atomic E-state index is 0.269. The molecular formula is C22H26F2N2O3. The van der Waals surface area contributed by atoms with E-state index in [1.54, 1.807) is 0 Å². The zero-order chi connectivity index (χ0) is 21.4. The smallest absolute Gasteiger partial charge is 0.222 e. The topological polar surface area (TPSA) is 67.4 Å². The number of ether oxygens (including phenoxy) is 1. The van der Waals surface area contributed by atoms with Crippen LogP contribution in [0.3, 0.4) is 0 Å². The average molecular weight is 404 g/mol. The van der Waals surface area contributed by atoms with Crippen molar-refractivity contribution < 1.29 is 23.1 Å². The van der Waals surface area contributed by atoms with Crippen LogP contribution in [0.1, 0.15) is 42.5 Å². The first-order valence-electron chi connectivity index (χ1n) is 9.46. The summed E-state index contributed by atoms with van der Waals surface area (Å²) in [5.41, 5.74) is 1.76. The quantitative estimate of drug-likeness (QED) is 0.626. The van der Waals surface area contributed by atoms with E-state index < -0.39 is 29.5 Å². The van der Waals surface area contributed by atoms with Gasteiger partial charge in [-0.3, -0.25) is 9.59 Å². The van der Waals surface area contributed by atoms with Crippen molar-refractivity contribution in [3.63, 3.8) is 0 Å². The lowest BCUT2D eigenvalue weighted by atomic mass is 10.0. The van der Waals surface area contributed by atoms with Gasteiger partial charge in [-0.1, -0.05) is 24.3 Å². The van der Waals surface area contributed by atoms with E-state index in [4.69, 9.17) is 4.74 Å².